The van der Waals surface area contributed by atoms with Gasteiger partial charge in [-0.15, -0.1) is 0 Å². The summed E-state index contributed by atoms with van der Waals surface area (Å²) in [5, 5.41) is 11.8. The Morgan fingerprint density at radius 3 is 2.64 bits per heavy atom. The number of nitrogens with one attached hydrogen (secondary N) is 1. The Hall–Kier alpha value is -1.96. The largest absolute Gasteiger partial charge is 0.481 e. The van der Waals surface area contributed by atoms with Gasteiger partial charge in [-0.1, -0.05) is 18.0 Å². The van der Waals surface area contributed by atoms with Gasteiger partial charge in [0.15, 0.2) is 0 Å². The lowest BCUT2D eigenvalue weighted by molar-refractivity contribution is -0.149. The van der Waals surface area contributed by atoms with Gasteiger partial charge in [-0.2, -0.15) is 13.2 Å². The van der Waals surface area contributed by atoms with Crippen molar-refractivity contribution in [3.05, 3.63) is 28.8 Å². The van der Waals surface area contributed by atoms with Crippen LogP contribution in [0, 0.1) is 11.3 Å². The van der Waals surface area contributed by atoms with Crippen molar-refractivity contribution in [2.75, 3.05) is 18.4 Å². The molecule has 2 atom stereocenters. The Morgan fingerprint density at radius 2 is 2.08 bits per heavy atom. The second-order valence-electron chi connectivity index (χ2n) is 6.55. The van der Waals surface area contributed by atoms with Crippen molar-refractivity contribution in [1.82, 2.24) is 4.90 Å². The third-order valence-electron chi connectivity index (χ3n) is 5.12. The third kappa shape index (κ3) is 3.15. The molecular formula is C16H16ClF3N2O3. The Labute approximate surface area is 146 Å². The first-order valence-corrected chi connectivity index (χ1v) is 8.17. The van der Waals surface area contributed by atoms with Gasteiger partial charge in [0.2, 0.25) is 0 Å². The minimum Gasteiger partial charge on any atom is -0.481 e. The van der Waals surface area contributed by atoms with Gasteiger partial charge in [0.05, 0.1) is 21.7 Å². The van der Waals surface area contributed by atoms with E-state index in [1.165, 1.54) is 4.90 Å². The Bertz CT molecular complexity index is 725. The number of urea groups is 1. The molecule has 1 aliphatic heterocycles. The molecule has 1 aliphatic carbocycles. The quantitative estimate of drug-likeness (QED) is 0.817. The fourth-order valence-electron chi connectivity index (χ4n) is 3.78. The molecule has 1 saturated carbocycles. The summed E-state index contributed by atoms with van der Waals surface area (Å²) in [6.07, 6.45) is -2.43. The molecule has 2 aliphatic rings. The van der Waals surface area contributed by atoms with E-state index >= 15 is 0 Å². The number of carboxylic acid groups (broad SMARTS) is 1. The number of benzene rings is 1. The van der Waals surface area contributed by atoms with Gasteiger partial charge in [-0.3, -0.25) is 4.79 Å². The maximum atomic E-state index is 12.6. The molecule has 1 aromatic carbocycles. The first-order chi connectivity index (χ1) is 11.6. The van der Waals surface area contributed by atoms with Crippen LogP contribution in [0.15, 0.2) is 18.2 Å². The van der Waals surface area contributed by atoms with Crippen LogP contribution in [-0.4, -0.2) is 35.1 Å². The number of rotatable bonds is 2. The summed E-state index contributed by atoms with van der Waals surface area (Å²) in [4.78, 5) is 25.4. The van der Waals surface area contributed by atoms with E-state index in [1.807, 2.05) is 0 Å². The Kier molecular flexibility index (Phi) is 4.35. The lowest BCUT2D eigenvalue weighted by atomic mass is 9.81. The first-order valence-electron chi connectivity index (χ1n) is 7.79. The van der Waals surface area contributed by atoms with Crippen molar-refractivity contribution in [3.8, 4) is 0 Å². The highest BCUT2D eigenvalue weighted by atomic mass is 35.5. The van der Waals surface area contributed by atoms with E-state index in [2.05, 4.69) is 5.32 Å². The summed E-state index contributed by atoms with van der Waals surface area (Å²) >= 11 is 5.83. The zero-order valence-corrected chi connectivity index (χ0v) is 13.8. The lowest BCUT2D eigenvalue weighted by Gasteiger charge is -2.23. The van der Waals surface area contributed by atoms with Crippen LogP contribution in [-0.2, 0) is 11.0 Å². The van der Waals surface area contributed by atoms with Crippen LogP contribution in [0.4, 0.5) is 23.7 Å². The fourth-order valence-corrected chi connectivity index (χ4v) is 4.01. The number of carboxylic acids is 1. The molecule has 3 rings (SSSR count). The van der Waals surface area contributed by atoms with Gasteiger partial charge in [0.25, 0.3) is 0 Å². The number of hydrogen-bond acceptors (Lipinski definition) is 2. The number of carbonyl (C=O) groups is 2. The molecule has 0 unspecified atom stereocenters. The number of hydrogen-bond donors (Lipinski definition) is 2. The molecule has 2 fully saturated rings. The van der Waals surface area contributed by atoms with Crippen molar-refractivity contribution in [2.24, 2.45) is 11.3 Å². The van der Waals surface area contributed by atoms with Crippen molar-refractivity contribution in [3.63, 3.8) is 0 Å². The maximum absolute atomic E-state index is 12.6. The van der Waals surface area contributed by atoms with Crippen LogP contribution in [0.5, 0.6) is 0 Å². The standard InChI is InChI=1S/C16H16ClF3N2O3/c17-11-6-9(16(18,19)20)3-4-12(11)21-14(25)22-7-10-2-1-5-15(10,8-22)13(23)24/h3-4,6,10H,1-2,5,7-8H2,(H,21,25)(H,23,24)/t10-,15+/m0/s1. The molecule has 0 spiro atoms. The number of halogens is 4. The molecule has 25 heavy (non-hydrogen) atoms. The number of aliphatic carboxylic acids is 1. The number of amides is 2. The van der Waals surface area contributed by atoms with Gasteiger partial charge >= 0.3 is 18.2 Å². The Balaban J connectivity index is 1.73. The van der Waals surface area contributed by atoms with Crippen LogP contribution < -0.4 is 5.32 Å². The zero-order valence-electron chi connectivity index (χ0n) is 13.1. The van der Waals surface area contributed by atoms with Gasteiger partial charge in [0, 0.05) is 13.1 Å². The molecule has 5 nitrogen and oxygen atoms in total. The molecular weight excluding hydrogens is 361 g/mol. The van der Waals surface area contributed by atoms with E-state index in [9.17, 15) is 27.9 Å². The van der Waals surface area contributed by atoms with E-state index in [0.29, 0.717) is 13.0 Å². The number of anilines is 1. The zero-order chi connectivity index (χ0) is 18.4. The summed E-state index contributed by atoms with van der Waals surface area (Å²) in [5.74, 6) is -1.00. The van der Waals surface area contributed by atoms with Crippen LogP contribution in [0.2, 0.25) is 5.02 Å². The van der Waals surface area contributed by atoms with Crippen molar-refractivity contribution >= 4 is 29.3 Å². The van der Waals surface area contributed by atoms with Crippen molar-refractivity contribution in [2.45, 2.75) is 25.4 Å². The van der Waals surface area contributed by atoms with Crippen LogP contribution in [0.1, 0.15) is 24.8 Å². The highest BCUT2D eigenvalue weighted by molar-refractivity contribution is 6.33. The van der Waals surface area contributed by atoms with Crippen LogP contribution in [0.25, 0.3) is 0 Å². The van der Waals surface area contributed by atoms with E-state index in [1.54, 1.807) is 0 Å². The minimum absolute atomic E-state index is 0.0566. The van der Waals surface area contributed by atoms with Gasteiger partial charge in [-0.25, -0.2) is 4.79 Å². The highest BCUT2D eigenvalue weighted by Gasteiger charge is 2.55. The van der Waals surface area contributed by atoms with E-state index in [0.717, 1.165) is 31.0 Å². The van der Waals surface area contributed by atoms with E-state index in [-0.39, 0.29) is 23.2 Å². The third-order valence-corrected chi connectivity index (χ3v) is 5.43. The number of carbonyl (C=O) groups excluding carboxylic acids is 1. The molecule has 1 aromatic rings. The molecule has 2 amide bonds. The summed E-state index contributed by atoms with van der Waals surface area (Å²) in [6, 6.07) is 2.11. The monoisotopic (exact) mass is 376 g/mol. The van der Waals surface area contributed by atoms with E-state index < -0.39 is 29.2 Å². The molecule has 0 bridgehead atoms. The molecule has 0 aromatic heterocycles. The number of likely N-dealkylation sites (tertiary alicyclic amines) is 1. The van der Waals surface area contributed by atoms with Gasteiger partial charge in [-0.05, 0) is 37.0 Å². The molecule has 136 valence electrons. The first kappa shape index (κ1) is 17.8. The van der Waals surface area contributed by atoms with Gasteiger partial charge < -0.3 is 15.3 Å². The van der Waals surface area contributed by atoms with Crippen molar-refractivity contribution < 1.29 is 27.9 Å². The molecule has 9 heteroatoms. The number of fused-ring (bicyclic) bond motifs is 1. The summed E-state index contributed by atoms with van der Waals surface area (Å²) in [6.45, 7) is 0.410. The lowest BCUT2D eigenvalue weighted by Crippen LogP contribution is -2.38. The molecule has 1 heterocycles. The topological polar surface area (TPSA) is 69.6 Å². The summed E-state index contributed by atoms with van der Waals surface area (Å²) in [5.41, 5.74) is -1.77. The second-order valence-corrected chi connectivity index (χ2v) is 6.96. The maximum Gasteiger partial charge on any atom is 0.416 e. The average Bonchev–Trinajstić information content (AvgIpc) is 3.06. The summed E-state index contributed by atoms with van der Waals surface area (Å²) < 4.78 is 37.9. The van der Waals surface area contributed by atoms with Crippen LogP contribution >= 0.6 is 11.6 Å². The second kappa shape index (κ2) is 6.09. The normalized spacial score (nSPS) is 25.8. The minimum atomic E-state index is -4.52. The molecule has 1 saturated heterocycles. The molecule has 0 radical (unpaired) electrons. The Morgan fingerprint density at radius 1 is 1.36 bits per heavy atom. The smallest absolute Gasteiger partial charge is 0.416 e. The number of alkyl halides is 3. The average molecular weight is 377 g/mol. The van der Waals surface area contributed by atoms with Crippen molar-refractivity contribution in [1.29, 1.82) is 0 Å². The summed E-state index contributed by atoms with van der Waals surface area (Å²) in [7, 11) is 0. The van der Waals surface area contributed by atoms with Crippen LogP contribution in [0.3, 0.4) is 0 Å². The molecule has 2 N–H and O–H groups in total. The van der Waals surface area contributed by atoms with E-state index in [4.69, 9.17) is 11.6 Å². The fraction of sp³-hybridized carbons (Fsp3) is 0.500. The number of nitrogens with zero attached hydrogens (tertiary/aromatic N) is 1. The predicted octanol–water partition coefficient (Wildman–Crippen LogP) is 4.08. The predicted molar refractivity (Wildman–Crippen MR) is 84.5 cm³/mol. The highest BCUT2D eigenvalue weighted by Crippen LogP contribution is 2.49. The van der Waals surface area contributed by atoms with Gasteiger partial charge in [0.1, 0.15) is 0 Å². The SMILES string of the molecule is O=C(Nc1ccc(C(F)(F)F)cc1Cl)N1C[C@@H]2CCC[C@@]2(C(=O)O)C1.